The summed E-state index contributed by atoms with van der Waals surface area (Å²) < 4.78 is 0. The van der Waals surface area contributed by atoms with Gasteiger partial charge in [-0.15, -0.1) is 0 Å². The lowest BCUT2D eigenvalue weighted by molar-refractivity contribution is -0.122. The Balaban J connectivity index is 3.88. The molecule has 2 atom stereocenters. The largest absolute Gasteiger partial charge is 0.388 e. The van der Waals surface area contributed by atoms with Gasteiger partial charge < -0.3 is 15.7 Å². The van der Waals surface area contributed by atoms with Crippen molar-refractivity contribution in [1.29, 1.82) is 0 Å². The summed E-state index contributed by atoms with van der Waals surface area (Å²) in [6.45, 7) is 6.49. The number of rotatable bonds is 7. The van der Waals surface area contributed by atoms with Crippen LogP contribution in [0.15, 0.2) is 0 Å². The summed E-state index contributed by atoms with van der Waals surface area (Å²) in [5, 5.41) is 15.6. The van der Waals surface area contributed by atoms with Crippen LogP contribution < -0.4 is 10.6 Å². The molecule has 0 saturated carbocycles. The highest BCUT2D eigenvalue weighted by molar-refractivity contribution is 7.98. The Morgan fingerprint density at radius 1 is 1.60 bits per heavy atom. The number of aliphatic hydroxyl groups is 1. The van der Waals surface area contributed by atoms with E-state index in [0.717, 1.165) is 0 Å². The molecule has 0 bridgehead atoms. The zero-order valence-electron chi connectivity index (χ0n) is 9.96. The Hall–Kier alpha value is -0.260. The molecular weight excluding hydrogens is 212 g/mol. The third kappa shape index (κ3) is 6.76. The van der Waals surface area contributed by atoms with Gasteiger partial charge in [-0.1, -0.05) is 0 Å². The molecule has 90 valence electrons. The van der Waals surface area contributed by atoms with Crippen LogP contribution in [0.1, 0.15) is 20.8 Å². The van der Waals surface area contributed by atoms with Crippen molar-refractivity contribution in [3.63, 3.8) is 0 Å². The van der Waals surface area contributed by atoms with Gasteiger partial charge in [-0.3, -0.25) is 4.79 Å². The Morgan fingerprint density at radius 3 is 2.67 bits per heavy atom. The summed E-state index contributed by atoms with van der Waals surface area (Å²) in [7, 11) is 0. The first kappa shape index (κ1) is 14.7. The van der Waals surface area contributed by atoms with E-state index < -0.39 is 5.60 Å². The minimum atomic E-state index is -0.764. The van der Waals surface area contributed by atoms with E-state index >= 15 is 0 Å². The van der Waals surface area contributed by atoms with Gasteiger partial charge in [-0.05, 0) is 27.0 Å². The Labute approximate surface area is 96.2 Å². The van der Waals surface area contributed by atoms with Gasteiger partial charge in [0.2, 0.25) is 5.91 Å². The zero-order chi connectivity index (χ0) is 11.9. The van der Waals surface area contributed by atoms with E-state index in [9.17, 15) is 9.90 Å². The van der Waals surface area contributed by atoms with Crippen molar-refractivity contribution in [3.05, 3.63) is 0 Å². The third-order valence-electron chi connectivity index (χ3n) is 1.99. The van der Waals surface area contributed by atoms with Crippen LogP contribution in [0, 0.1) is 0 Å². The third-order valence-corrected chi connectivity index (χ3v) is 2.90. The SMILES string of the molecule is CCNC(=O)C(C)NCC(C)(O)CSC. The minimum Gasteiger partial charge on any atom is -0.388 e. The Bertz CT molecular complexity index is 198. The molecule has 0 heterocycles. The van der Waals surface area contributed by atoms with Crippen molar-refractivity contribution >= 4 is 17.7 Å². The predicted octanol–water partition coefficient (Wildman–Crippen LogP) is 0.215. The van der Waals surface area contributed by atoms with Gasteiger partial charge >= 0.3 is 0 Å². The van der Waals surface area contributed by atoms with Gasteiger partial charge in [-0.25, -0.2) is 0 Å². The van der Waals surface area contributed by atoms with E-state index in [2.05, 4.69) is 10.6 Å². The quantitative estimate of drug-likeness (QED) is 0.589. The standard InChI is InChI=1S/C10H22N2O2S/c1-5-11-9(13)8(2)12-6-10(3,14)7-15-4/h8,12,14H,5-7H2,1-4H3,(H,11,13). The normalized spacial score (nSPS) is 16.9. The fourth-order valence-electron chi connectivity index (χ4n) is 1.15. The highest BCUT2D eigenvalue weighted by atomic mass is 32.2. The molecule has 0 aromatic carbocycles. The number of thioether (sulfide) groups is 1. The molecule has 0 aliphatic carbocycles. The molecule has 0 aliphatic rings. The van der Waals surface area contributed by atoms with E-state index in [1.54, 1.807) is 25.6 Å². The summed E-state index contributed by atoms with van der Waals surface area (Å²) in [6.07, 6.45) is 1.95. The maximum absolute atomic E-state index is 11.4. The Kier molecular flexibility index (Phi) is 6.96. The highest BCUT2D eigenvalue weighted by Gasteiger charge is 2.21. The summed E-state index contributed by atoms with van der Waals surface area (Å²) in [6, 6.07) is -0.265. The first-order chi connectivity index (χ1) is 6.93. The smallest absolute Gasteiger partial charge is 0.236 e. The Morgan fingerprint density at radius 2 is 2.20 bits per heavy atom. The van der Waals surface area contributed by atoms with Crippen LogP contribution in [0.2, 0.25) is 0 Å². The average molecular weight is 234 g/mol. The fraction of sp³-hybridized carbons (Fsp3) is 0.900. The van der Waals surface area contributed by atoms with Crippen LogP contribution in [-0.2, 0) is 4.79 Å². The zero-order valence-corrected chi connectivity index (χ0v) is 10.8. The number of carbonyl (C=O) groups excluding carboxylic acids is 1. The van der Waals surface area contributed by atoms with Crippen molar-refractivity contribution in [2.45, 2.75) is 32.4 Å². The number of hydrogen-bond acceptors (Lipinski definition) is 4. The van der Waals surface area contributed by atoms with Gasteiger partial charge in [0.25, 0.3) is 0 Å². The van der Waals surface area contributed by atoms with Crippen LogP contribution in [0.5, 0.6) is 0 Å². The minimum absolute atomic E-state index is 0.0301. The molecule has 0 aromatic heterocycles. The molecule has 0 rings (SSSR count). The predicted molar refractivity (Wildman–Crippen MR) is 65.2 cm³/mol. The van der Waals surface area contributed by atoms with Crippen molar-refractivity contribution < 1.29 is 9.90 Å². The van der Waals surface area contributed by atoms with Crippen LogP contribution in [-0.4, -0.2) is 47.8 Å². The lowest BCUT2D eigenvalue weighted by atomic mass is 10.1. The van der Waals surface area contributed by atoms with Gasteiger partial charge in [0.1, 0.15) is 0 Å². The number of likely N-dealkylation sites (N-methyl/N-ethyl adjacent to an activating group) is 1. The monoisotopic (exact) mass is 234 g/mol. The summed E-state index contributed by atoms with van der Waals surface area (Å²) >= 11 is 1.59. The lowest BCUT2D eigenvalue weighted by Gasteiger charge is -2.24. The molecule has 4 nitrogen and oxygen atoms in total. The second-order valence-corrected chi connectivity index (χ2v) is 4.79. The van der Waals surface area contributed by atoms with Crippen LogP contribution in [0.3, 0.4) is 0 Å². The second kappa shape index (κ2) is 7.09. The fourth-order valence-corrected chi connectivity index (χ4v) is 1.88. The van der Waals surface area contributed by atoms with Gasteiger partial charge in [0.15, 0.2) is 0 Å². The van der Waals surface area contributed by atoms with Crippen molar-refractivity contribution in [1.82, 2.24) is 10.6 Å². The molecule has 0 spiro atoms. The van der Waals surface area contributed by atoms with E-state index in [1.165, 1.54) is 0 Å². The van der Waals surface area contributed by atoms with Crippen molar-refractivity contribution in [2.24, 2.45) is 0 Å². The molecule has 0 radical (unpaired) electrons. The van der Waals surface area contributed by atoms with Crippen molar-refractivity contribution in [3.8, 4) is 0 Å². The molecule has 2 unspecified atom stereocenters. The molecule has 0 aliphatic heterocycles. The number of amides is 1. The van der Waals surface area contributed by atoms with E-state index in [4.69, 9.17) is 0 Å². The maximum Gasteiger partial charge on any atom is 0.236 e. The van der Waals surface area contributed by atoms with E-state index in [1.807, 2.05) is 13.2 Å². The maximum atomic E-state index is 11.4. The van der Waals surface area contributed by atoms with Crippen LogP contribution >= 0.6 is 11.8 Å². The first-order valence-corrected chi connectivity index (χ1v) is 6.54. The molecule has 0 fully saturated rings. The van der Waals surface area contributed by atoms with Gasteiger partial charge in [0, 0.05) is 18.8 Å². The molecule has 15 heavy (non-hydrogen) atoms. The summed E-state index contributed by atoms with van der Waals surface area (Å²) in [5.74, 6) is 0.625. The average Bonchev–Trinajstić information content (AvgIpc) is 2.14. The van der Waals surface area contributed by atoms with E-state index in [0.29, 0.717) is 18.8 Å². The van der Waals surface area contributed by atoms with E-state index in [-0.39, 0.29) is 11.9 Å². The molecule has 0 aromatic rings. The van der Waals surface area contributed by atoms with Crippen LogP contribution in [0.4, 0.5) is 0 Å². The number of nitrogens with one attached hydrogen (secondary N) is 2. The number of hydrogen-bond donors (Lipinski definition) is 3. The molecule has 1 amide bonds. The van der Waals surface area contributed by atoms with Crippen molar-refractivity contribution in [2.75, 3.05) is 25.1 Å². The molecule has 5 heteroatoms. The van der Waals surface area contributed by atoms with Gasteiger partial charge in [-0.2, -0.15) is 11.8 Å². The highest BCUT2D eigenvalue weighted by Crippen LogP contribution is 2.09. The molecule has 0 saturated heterocycles. The van der Waals surface area contributed by atoms with Gasteiger partial charge in [0.05, 0.1) is 11.6 Å². The van der Waals surface area contributed by atoms with Crippen LogP contribution in [0.25, 0.3) is 0 Å². The number of carbonyl (C=O) groups is 1. The molecular formula is C10H22N2O2S. The first-order valence-electron chi connectivity index (χ1n) is 5.15. The summed E-state index contributed by atoms with van der Waals surface area (Å²) in [5.41, 5.74) is -0.764. The topological polar surface area (TPSA) is 61.4 Å². The lowest BCUT2D eigenvalue weighted by Crippen LogP contribution is -2.48. The summed E-state index contributed by atoms with van der Waals surface area (Å²) in [4.78, 5) is 11.4. The second-order valence-electron chi connectivity index (χ2n) is 3.93. The molecule has 3 N–H and O–H groups in total.